The SMILES string of the molecule is CCCC(=O)CS1(OS(=O)(=O)C(F)(F)F)CCOCC1. The Morgan fingerprint density at radius 2 is 1.85 bits per heavy atom. The lowest BCUT2D eigenvalue weighted by Crippen LogP contribution is -2.35. The van der Waals surface area contributed by atoms with Gasteiger partial charge in [0.15, 0.2) is 0 Å². The van der Waals surface area contributed by atoms with E-state index < -0.39 is 25.9 Å². The van der Waals surface area contributed by atoms with Crippen molar-refractivity contribution in [3.05, 3.63) is 0 Å². The Morgan fingerprint density at radius 3 is 2.30 bits per heavy atom. The molecule has 1 fully saturated rings. The van der Waals surface area contributed by atoms with Crippen molar-refractivity contribution in [2.45, 2.75) is 25.3 Å². The van der Waals surface area contributed by atoms with Crippen molar-refractivity contribution in [1.29, 1.82) is 0 Å². The van der Waals surface area contributed by atoms with Crippen molar-refractivity contribution < 1.29 is 34.7 Å². The normalized spacial score (nSPS) is 21.4. The molecule has 1 aliphatic rings. The molecule has 1 aliphatic heterocycles. The van der Waals surface area contributed by atoms with Crippen molar-refractivity contribution in [2.75, 3.05) is 30.5 Å². The first-order chi connectivity index (χ1) is 9.12. The number of hydrogen-bond acceptors (Lipinski definition) is 5. The smallest absolute Gasteiger partial charge is 0.380 e. The second-order valence-electron chi connectivity index (χ2n) is 4.39. The molecule has 10 heteroatoms. The number of rotatable bonds is 6. The zero-order valence-corrected chi connectivity index (χ0v) is 12.6. The van der Waals surface area contributed by atoms with Gasteiger partial charge in [0.1, 0.15) is 5.78 Å². The molecule has 0 spiro atoms. The van der Waals surface area contributed by atoms with Crippen molar-refractivity contribution in [3.8, 4) is 0 Å². The number of Topliss-reactive ketones (excluding diaryl/α,β-unsaturated/α-hetero) is 1. The fourth-order valence-electron chi connectivity index (χ4n) is 1.74. The van der Waals surface area contributed by atoms with E-state index in [0.717, 1.165) is 0 Å². The molecule has 20 heavy (non-hydrogen) atoms. The van der Waals surface area contributed by atoms with Crippen LogP contribution in [0.25, 0.3) is 0 Å². The summed E-state index contributed by atoms with van der Waals surface area (Å²) in [6, 6.07) is 0. The zero-order valence-electron chi connectivity index (χ0n) is 10.9. The summed E-state index contributed by atoms with van der Waals surface area (Å²) >= 11 is 0. The molecule has 0 aromatic carbocycles. The van der Waals surface area contributed by atoms with Crippen LogP contribution in [-0.4, -0.2) is 50.2 Å². The lowest BCUT2D eigenvalue weighted by Gasteiger charge is -2.40. The molecule has 0 unspecified atom stereocenters. The van der Waals surface area contributed by atoms with Gasteiger partial charge in [0.2, 0.25) is 0 Å². The molecule has 0 atom stereocenters. The Labute approximate surface area is 117 Å². The number of halogens is 3. The number of hydrogen-bond donors (Lipinski definition) is 0. The molecule has 5 nitrogen and oxygen atoms in total. The summed E-state index contributed by atoms with van der Waals surface area (Å²) < 4.78 is 69.2. The van der Waals surface area contributed by atoms with Gasteiger partial charge in [-0.15, -0.1) is 10.3 Å². The van der Waals surface area contributed by atoms with E-state index in [0.29, 0.717) is 6.42 Å². The van der Waals surface area contributed by atoms with Gasteiger partial charge >= 0.3 is 15.6 Å². The zero-order chi connectivity index (χ0) is 15.4. The highest BCUT2D eigenvalue weighted by molar-refractivity contribution is 8.33. The summed E-state index contributed by atoms with van der Waals surface area (Å²) in [5.74, 6) is -0.489. The van der Waals surface area contributed by atoms with Crippen LogP contribution in [0.15, 0.2) is 0 Å². The van der Waals surface area contributed by atoms with E-state index in [1.54, 1.807) is 6.92 Å². The molecular weight excluding hydrogens is 321 g/mol. The molecule has 120 valence electrons. The summed E-state index contributed by atoms with van der Waals surface area (Å²) in [7, 11) is -8.33. The van der Waals surface area contributed by atoms with Crippen molar-refractivity contribution in [2.24, 2.45) is 0 Å². The molecule has 0 amide bonds. The highest BCUT2D eigenvalue weighted by atomic mass is 32.3. The molecule has 0 aromatic heterocycles. The first kappa shape index (κ1) is 17.7. The average molecular weight is 338 g/mol. The van der Waals surface area contributed by atoms with Gasteiger partial charge < -0.3 is 4.74 Å². The molecule has 1 saturated heterocycles. The highest BCUT2D eigenvalue weighted by Crippen LogP contribution is 2.53. The van der Waals surface area contributed by atoms with Gasteiger partial charge in [-0.2, -0.15) is 21.6 Å². The van der Waals surface area contributed by atoms with Gasteiger partial charge in [-0.3, -0.25) is 4.79 Å². The standard InChI is InChI=1S/C10H17F3O5S2/c1-2-3-9(14)8-19(6-4-17-5-7-19)18-20(15,16)10(11,12)13/h2-8H2,1H3. The predicted octanol–water partition coefficient (Wildman–Crippen LogP) is 1.97. The lowest BCUT2D eigenvalue weighted by atomic mass is 10.3. The first-order valence-corrected chi connectivity index (χ1v) is 9.47. The number of alkyl halides is 3. The monoisotopic (exact) mass is 338 g/mol. The van der Waals surface area contributed by atoms with E-state index in [1.807, 2.05) is 0 Å². The minimum Gasteiger partial charge on any atom is -0.380 e. The average Bonchev–Trinajstić information content (AvgIpc) is 2.27. The van der Waals surface area contributed by atoms with E-state index in [9.17, 15) is 26.4 Å². The number of ketones is 1. The third-order valence-electron chi connectivity index (χ3n) is 2.67. The fourth-order valence-corrected chi connectivity index (χ4v) is 6.37. The summed E-state index contributed by atoms with van der Waals surface area (Å²) in [6.07, 6.45) is 0.752. The molecule has 0 saturated carbocycles. The minimum atomic E-state index is -5.69. The van der Waals surface area contributed by atoms with Crippen LogP contribution in [0.4, 0.5) is 13.2 Å². The van der Waals surface area contributed by atoms with Crippen LogP contribution >= 0.6 is 10.3 Å². The Kier molecular flexibility index (Phi) is 5.88. The van der Waals surface area contributed by atoms with E-state index in [1.165, 1.54) is 0 Å². The maximum atomic E-state index is 12.4. The number of carbonyl (C=O) groups excluding carboxylic acids is 1. The summed E-state index contributed by atoms with van der Waals surface area (Å²) in [5, 5.41) is 0. The van der Waals surface area contributed by atoms with Gasteiger partial charge in [-0.25, -0.2) is 3.63 Å². The Bertz CT molecular complexity index is 440. The van der Waals surface area contributed by atoms with Crippen LogP contribution in [-0.2, 0) is 23.3 Å². The van der Waals surface area contributed by atoms with Crippen molar-refractivity contribution in [1.82, 2.24) is 0 Å². The van der Waals surface area contributed by atoms with Gasteiger partial charge in [-0.1, -0.05) is 6.92 Å². The molecule has 0 N–H and O–H groups in total. The third kappa shape index (κ3) is 4.61. The quantitative estimate of drug-likeness (QED) is 0.693. The molecule has 0 aliphatic carbocycles. The van der Waals surface area contributed by atoms with Gasteiger partial charge in [0.25, 0.3) is 0 Å². The van der Waals surface area contributed by atoms with E-state index >= 15 is 0 Å². The fraction of sp³-hybridized carbons (Fsp3) is 0.900. The van der Waals surface area contributed by atoms with E-state index in [2.05, 4.69) is 3.63 Å². The highest BCUT2D eigenvalue weighted by Gasteiger charge is 2.51. The molecule has 1 heterocycles. The van der Waals surface area contributed by atoms with Crippen LogP contribution in [0.5, 0.6) is 0 Å². The maximum absolute atomic E-state index is 12.4. The lowest BCUT2D eigenvalue weighted by molar-refractivity contribution is -0.116. The van der Waals surface area contributed by atoms with Crippen LogP contribution in [0.3, 0.4) is 0 Å². The predicted molar refractivity (Wildman–Crippen MR) is 69.0 cm³/mol. The summed E-state index contributed by atoms with van der Waals surface area (Å²) in [6.45, 7) is 1.96. The second kappa shape index (κ2) is 6.63. The first-order valence-electron chi connectivity index (χ1n) is 6.00. The van der Waals surface area contributed by atoms with E-state index in [4.69, 9.17) is 4.74 Å². The summed E-state index contributed by atoms with van der Waals surface area (Å²) in [5.41, 5.74) is -5.47. The molecular formula is C10H17F3O5S2. The summed E-state index contributed by atoms with van der Waals surface area (Å²) in [4.78, 5) is 11.7. The van der Waals surface area contributed by atoms with Crippen LogP contribution in [0, 0.1) is 0 Å². The topological polar surface area (TPSA) is 69.7 Å². The van der Waals surface area contributed by atoms with Gasteiger partial charge in [0, 0.05) is 17.9 Å². The Morgan fingerprint density at radius 1 is 1.30 bits per heavy atom. The molecule has 0 bridgehead atoms. The maximum Gasteiger partial charge on any atom is 0.523 e. The molecule has 0 aromatic rings. The number of ether oxygens (including phenoxy) is 1. The van der Waals surface area contributed by atoms with Crippen LogP contribution < -0.4 is 0 Å². The minimum absolute atomic E-state index is 0.0256. The Balaban J connectivity index is 2.92. The number of carbonyl (C=O) groups is 1. The van der Waals surface area contributed by atoms with Gasteiger partial charge in [-0.05, 0) is 6.42 Å². The van der Waals surface area contributed by atoms with Crippen LogP contribution in [0.2, 0.25) is 0 Å². The van der Waals surface area contributed by atoms with Crippen LogP contribution in [0.1, 0.15) is 19.8 Å². The Hall–Kier alpha value is -0.320. The van der Waals surface area contributed by atoms with Crippen molar-refractivity contribution in [3.63, 3.8) is 0 Å². The third-order valence-corrected chi connectivity index (χ3v) is 7.78. The molecule has 1 rings (SSSR count). The largest absolute Gasteiger partial charge is 0.523 e. The second-order valence-corrected chi connectivity index (χ2v) is 9.34. The molecule has 0 radical (unpaired) electrons. The van der Waals surface area contributed by atoms with E-state index in [-0.39, 0.29) is 42.7 Å². The van der Waals surface area contributed by atoms with Crippen molar-refractivity contribution >= 4 is 26.2 Å². The van der Waals surface area contributed by atoms with Gasteiger partial charge in [0.05, 0.1) is 19.0 Å².